The molecule has 0 aromatic carbocycles. The minimum atomic E-state index is -0.660. The average Bonchev–Trinajstić information content (AvgIpc) is 3.07. The van der Waals surface area contributed by atoms with Crippen molar-refractivity contribution in [2.45, 2.75) is 212 Å². The molecule has 0 fully saturated rings. The van der Waals surface area contributed by atoms with Gasteiger partial charge < -0.3 is 15.5 Å². The van der Waals surface area contributed by atoms with Crippen LogP contribution in [0, 0.1) is 0 Å². The van der Waals surface area contributed by atoms with E-state index in [1.807, 2.05) is 0 Å². The van der Waals surface area contributed by atoms with Gasteiger partial charge in [0, 0.05) is 6.42 Å². The zero-order valence-corrected chi connectivity index (χ0v) is 31.3. The summed E-state index contributed by atoms with van der Waals surface area (Å²) >= 11 is 0. The van der Waals surface area contributed by atoms with Crippen molar-refractivity contribution in [1.82, 2.24) is 5.32 Å². The van der Waals surface area contributed by atoms with Crippen molar-refractivity contribution in [1.29, 1.82) is 0 Å². The van der Waals surface area contributed by atoms with E-state index in [1.54, 1.807) is 0 Å². The van der Waals surface area contributed by atoms with Gasteiger partial charge in [-0.2, -0.15) is 0 Å². The minimum Gasteiger partial charge on any atom is -0.394 e. The molecule has 47 heavy (non-hydrogen) atoms. The van der Waals surface area contributed by atoms with Gasteiger partial charge in [0.1, 0.15) is 0 Å². The van der Waals surface area contributed by atoms with Gasteiger partial charge in [0.05, 0.1) is 18.8 Å². The highest BCUT2D eigenvalue weighted by molar-refractivity contribution is 5.76. The summed E-state index contributed by atoms with van der Waals surface area (Å²) in [7, 11) is 0. The molecule has 0 aliphatic heterocycles. The minimum absolute atomic E-state index is 0.0388. The van der Waals surface area contributed by atoms with E-state index in [1.165, 1.54) is 122 Å². The largest absolute Gasteiger partial charge is 0.394 e. The first-order chi connectivity index (χ1) is 23.2. The van der Waals surface area contributed by atoms with Crippen LogP contribution in [0.15, 0.2) is 48.6 Å². The second-order valence-electron chi connectivity index (χ2n) is 13.7. The summed E-state index contributed by atoms with van der Waals surface area (Å²) in [5, 5.41) is 23.1. The van der Waals surface area contributed by atoms with Gasteiger partial charge in [0.15, 0.2) is 0 Å². The molecule has 0 aliphatic rings. The van der Waals surface area contributed by atoms with Crippen LogP contribution < -0.4 is 5.32 Å². The van der Waals surface area contributed by atoms with Gasteiger partial charge >= 0.3 is 0 Å². The Balaban J connectivity index is 3.55. The van der Waals surface area contributed by atoms with E-state index in [0.29, 0.717) is 12.8 Å². The van der Waals surface area contributed by atoms with Crippen molar-refractivity contribution in [3.63, 3.8) is 0 Å². The number of unbranched alkanes of at least 4 members (excludes halogenated alkanes) is 21. The molecule has 0 saturated carbocycles. The van der Waals surface area contributed by atoms with E-state index in [-0.39, 0.29) is 12.5 Å². The molecular weight excluding hydrogens is 578 g/mol. The fraction of sp³-hybridized carbons (Fsp3) is 0.791. The molecule has 4 heteroatoms. The van der Waals surface area contributed by atoms with Crippen LogP contribution in [-0.2, 0) is 4.79 Å². The molecule has 0 aliphatic carbocycles. The maximum absolute atomic E-state index is 12.4. The second-order valence-corrected chi connectivity index (χ2v) is 13.7. The smallest absolute Gasteiger partial charge is 0.220 e. The van der Waals surface area contributed by atoms with Gasteiger partial charge in [0.2, 0.25) is 5.91 Å². The SMILES string of the molecule is CC/C=C\C/C=C\C/C=C\C/C=C\CCCCCCCCCCCCC(=O)NC(CO)C(O)CCCCCCCCCCCCCC. The number of aliphatic hydroxyl groups is 2. The summed E-state index contributed by atoms with van der Waals surface area (Å²) in [6, 6.07) is -0.538. The maximum atomic E-state index is 12.4. The monoisotopic (exact) mass is 658 g/mol. The molecule has 0 aromatic rings. The van der Waals surface area contributed by atoms with Gasteiger partial charge in [-0.1, -0.05) is 191 Å². The van der Waals surface area contributed by atoms with E-state index >= 15 is 0 Å². The third-order valence-electron chi connectivity index (χ3n) is 9.10. The summed E-state index contributed by atoms with van der Waals surface area (Å²) < 4.78 is 0. The Morgan fingerprint density at radius 3 is 1.40 bits per heavy atom. The third kappa shape index (κ3) is 35.5. The van der Waals surface area contributed by atoms with Gasteiger partial charge in [-0.05, 0) is 51.4 Å². The lowest BCUT2D eigenvalue weighted by Gasteiger charge is -2.22. The quantitative estimate of drug-likeness (QED) is 0.0464. The number of allylic oxidation sites excluding steroid dienone is 8. The fourth-order valence-corrected chi connectivity index (χ4v) is 6.00. The summed E-state index contributed by atoms with van der Waals surface area (Å²) in [6.07, 6.45) is 51.7. The lowest BCUT2D eigenvalue weighted by Crippen LogP contribution is -2.45. The number of nitrogens with one attached hydrogen (secondary N) is 1. The molecule has 0 rings (SSSR count). The Morgan fingerprint density at radius 1 is 0.532 bits per heavy atom. The number of hydrogen-bond donors (Lipinski definition) is 3. The predicted octanol–water partition coefficient (Wildman–Crippen LogP) is 12.4. The van der Waals surface area contributed by atoms with E-state index in [2.05, 4.69) is 67.8 Å². The first-order valence-corrected chi connectivity index (χ1v) is 20.3. The molecule has 0 aromatic heterocycles. The molecule has 0 bridgehead atoms. The highest BCUT2D eigenvalue weighted by Crippen LogP contribution is 2.15. The van der Waals surface area contributed by atoms with Crippen molar-refractivity contribution < 1.29 is 15.0 Å². The summed E-state index contributed by atoms with van der Waals surface area (Å²) in [5.74, 6) is -0.0388. The van der Waals surface area contributed by atoms with Crippen LogP contribution >= 0.6 is 0 Å². The van der Waals surface area contributed by atoms with Crippen LogP contribution in [0.2, 0.25) is 0 Å². The first kappa shape index (κ1) is 45.3. The molecular formula is C43H79NO3. The van der Waals surface area contributed by atoms with Crippen LogP contribution in [0.25, 0.3) is 0 Å². The van der Waals surface area contributed by atoms with E-state index in [4.69, 9.17) is 0 Å². The lowest BCUT2D eigenvalue weighted by atomic mass is 10.0. The molecule has 0 saturated heterocycles. The molecule has 2 unspecified atom stereocenters. The number of rotatable bonds is 36. The second kappa shape index (κ2) is 38.8. The van der Waals surface area contributed by atoms with Crippen LogP contribution in [0.3, 0.4) is 0 Å². The van der Waals surface area contributed by atoms with Crippen molar-refractivity contribution in [3.05, 3.63) is 48.6 Å². The van der Waals surface area contributed by atoms with Crippen molar-refractivity contribution >= 4 is 5.91 Å². The van der Waals surface area contributed by atoms with Crippen molar-refractivity contribution in [3.8, 4) is 0 Å². The van der Waals surface area contributed by atoms with Crippen LogP contribution in [0.4, 0.5) is 0 Å². The molecule has 0 radical (unpaired) electrons. The molecule has 0 heterocycles. The highest BCUT2D eigenvalue weighted by Gasteiger charge is 2.19. The lowest BCUT2D eigenvalue weighted by molar-refractivity contribution is -0.123. The van der Waals surface area contributed by atoms with Crippen LogP contribution in [0.5, 0.6) is 0 Å². The van der Waals surface area contributed by atoms with E-state index < -0.39 is 12.1 Å². The van der Waals surface area contributed by atoms with Crippen molar-refractivity contribution in [2.24, 2.45) is 0 Å². The highest BCUT2D eigenvalue weighted by atomic mass is 16.3. The normalized spacial score (nSPS) is 13.5. The maximum Gasteiger partial charge on any atom is 0.220 e. The zero-order valence-electron chi connectivity index (χ0n) is 31.3. The van der Waals surface area contributed by atoms with Crippen LogP contribution in [-0.4, -0.2) is 34.9 Å². The zero-order chi connectivity index (χ0) is 34.3. The standard InChI is InChI=1S/C43H79NO3/c1-3-5-7-9-11-13-15-17-18-19-20-21-22-23-24-25-26-27-29-31-33-35-37-39-43(47)44-41(40-45)42(46)38-36-34-32-30-28-16-14-12-10-8-6-4-2/h5,7,11,13,17-18,20-21,41-42,45-46H,3-4,6,8-10,12,14-16,19,22-40H2,1-2H3,(H,44,47)/b7-5-,13-11-,18-17-,21-20-. The Hall–Kier alpha value is -1.65. The first-order valence-electron chi connectivity index (χ1n) is 20.3. The third-order valence-corrected chi connectivity index (χ3v) is 9.10. The van der Waals surface area contributed by atoms with E-state index in [9.17, 15) is 15.0 Å². The number of aliphatic hydroxyl groups excluding tert-OH is 2. The van der Waals surface area contributed by atoms with Crippen LogP contribution in [0.1, 0.15) is 200 Å². The van der Waals surface area contributed by atoms with Gasteiger partial charge in [-0.25, -0.2) is 0 Å². The number of carbonyl (C=O) groups is 1. The van der Waals surface area contributed by atoms with Gasteiger partial charge in [0.25, 0.3) is 0 Å². The number of amides is 1. The van der Waals surface area contributed by atoms with Gasteiger partial charge in [-0.3, -0.25) is 4.79 Å². The van der Waals surface area contributed by atoms with E-state index in [0.717, 1.165) is 51.4 Å². The molecule has 0 spiro atoms. The summed E-state index contributed by atoms with van der Waals surface area (Å²) in [4.78, 5) is 12.4. The Labute approximate surface area is 293 Å². The van der Waals surface area contributed by atoms with Crippen molar-refractivity contribution in [2.75, 3.05) is 6.61 Å². The Morgan fingerprint density at radius 2 is 0.936 bits per heavy atom. The predicted molar refractivity (Wildman–Crippen MR) is 207 cm³/mol. The molecule has 1 amide bonds. The summed E-state index contributed by atoms with van der Waals surface area (Å²) in [6.45, 7) is 4.23. The fourth-order valence-electron chi connectivity index (χ4n) is 6.00. The summed E-state index contributed by atoms with van der Waals surface area (Å²) in [5.41, 5.74) is 0. The average molecular weight is 658 g/mol. The van der Waals surface area contributed by atoms with Gasteiger partial charge in [-0.15, -0.1) is 0 Å². The number of carbonyl (C=O) groups excluding carboxylic acids is 1. The Bertz CT molecular complexity index is 756. The molecule has 274 valence electrons. The molecule has 3 N–H and O–H groups in total. The molecule has 4 nitrogen and oxygen atoms in total. The Kier molecular flexibility index (Phi) is 37.4. The number of hydrogen-bond acceptors (Lipinski definition) is 3. The topological polar surface area (TPSA) is 69.6 Å². The molecule has 2 atom stereocenters.